The molecule has 3 aromatic carbocycles. The third-order valence-electron chi connectivity index (χ3n) is 4.77. The minimum Gasteiger partial charge on any atom is -0.258 e. The molecule has 0 spiro atoms. The Morgan fingerprint density at radius 1 is 0.600 bits per heavy atom. The number of nitro groups is 2. The van der Waals surface area contributed by atoms with Crippen LogP contribution >= 0.6 is 0 Å². The van der Waals surface area contributed by atoms with Crippen LogP contribution in [0.4, 0.5) is 11.4 Å². The summed E-state index contributed by atoms with van der Waals surface area (Å²) in [4.78, 5) is 20.7. The molecule has 6 heteroatoms. The average molecular weight is 400 g/mol. The number of rotatable bonds is 6. The summed E-state index contributed by atoms with van der Waals surface area (Å²) in [5.41, 5.74) is 6.26. The first-order chi connectivity index (χ1) is 14.3. The van der Waals surface area contributed by atoms with Crippen LogP contribution in [0.25, 0.3) is 24.3 Å². The Morgan fingerprint density at radius 3 is 1.23 bits per heavy atom. The molecule has 0 aliphatic rings. The largest absolute Gasteiger partial charge is 0.269 e. The first-order valence-corrected chi connectivity index (χ1v) is 9.30. The maximum Gasteiger partial charge on any atom is 0.269 e. The molecule has 3 aromatic rings. The Hall–Kier alpha value is -4.06. The summed E-state index contributed by atoms with van der Waals surface area (Å²) in [6, 6.07) is 17.0. The number of nitro benzene ring substituents is 2. The summed E-state index contributed by atoms with van der Waals surface area (Å²) in [6.07, 6.45) is 7.84. The second kappa shape index (κ2) is 8.96. The Balaban J connectivity index is 1.77. The van der Waals surface area contributed by atoms with Crippen LogP contribution in [0.5, 0.6) is 0 Å². The lowest BCUT2D eigenvalue weighted by Gasteiger charge is -2.07. The molecule has 0 atom stereocenters. The quantitative estimate of drug-likeness (QED) is 0.270. The summed E-state index contributed by atoms with van der Waals surface area (Å²) in [5.74, 6) is 0. The van der Waals surface area contributed by atoms with Crippen molar-refractivity contribution in [3.63, 3.8) is 0 Å². The molecule has 30 heavy (non-hydrogen) atoms. The molecular formula is C24H20N2O4. The van der Waals surface area contributed by atoms with Gasteiger partial charge in [0.25, 0.3) is 11.4 Å². The van der Waals surface area contributed by atoms with E-state index in [-0.39, 0.29) is 11.4 Å². The lowest BCUT2D eigenvalue weighted by Crippen LogP contribution is -1.89. The van der Waals surface area contributed by atoms with Gasteiger partial charge in [0.1, 0.15) is 0 Å². The minimum atomic E-state index is -0.413. The highest BCUT2D eigenvalue weighted by atomic mass is 16.6. The Kier molecular flexibility index (Phi) is 6.17. The normalized spacial score (nSPS) is 11.3. The third-order valence-corrected chi connectivity index (χ3v) is 4.77. The number of hydrogen-bond acceptors (Lipinski definition) is 4. The minimum absolute atomic E-state index is 0.0725. The van der Waals surface area contributed by atoms with Gasteiger partial charge in [-0.25, -0.2) is 0 Å². The number of non-ortho nitro benzene ring substituents is 2. The maximum atomic E-state index is 10.7. The average Bonchev–Trinajstić information content (AvgIpc) is 2.73. The summed E-state index contributed by atoms with van der Waals surface area (Å²) >= 11 is 0. The Morgan fingerprint density at radius 2 is 0.933 bits per heavy atom. The van der Waals surface area contributed by atoms with E-state index >= 15 is 0 Å². The predicted molar refractivity (Wildman–Crippen MR) is 120 cm³/mol. The number of nitrogens with zero attached hydrogens (tertiary/aromatic N) is 2. The maximum absolute atomic E-state index is 10.7. The summed E-state index contributed by atoms with van der Waals surface area (Å²) < 4.78 is 0. The van der Waals surface area contributed by atoms with Crippen molar-refractivity contribution in [2.45, 2.75) is 13.8 Å². The predicted octanol–water partition coefficient (Wildman–Crippen LogP) is 6.46. The van der Waals surface area contributed by atoms with Gasteiger partial charge in [-0.3, -0.25) is 20.2 Å². The molecule has 0 bridgehead atoms. The smallest absolute Gasteiger partial charge is 0.258 e. The van der Waals surface area contributed by atoms with E-state index in [0.29, 0.717) is 0 Å². The van der Waals surface area contributed by atoms with Crippen molar-refractivity contribution in [3.8, 4) is 0 Å². The van der Waals surface area contributed by atoms with E-state index in [4.69, 9.17) is 0 Å². The van der Waals surface area contributed by atoms with Gasteiger partial charge in [-0.2, -0.15) is 0 Å². The van der Waals surface area contributed by atoms with Crippen molar-refractivity contribution < 1.29 is 9.85 Å². The molecule has 0 saturated heterocycles. The molecule has 0 heterocycles. The molecule has 0 aromatic heterocycles. The molecule has 0 radical (unpaired) electrons. The zero-order valence-corrected chi connectivity index (χ0v) is 16.6. The van der Waals surface area contributed by atoms with Gasteiger partial charge in [0.05, 0.1) is 9.85 Å². The van der Waals surface area contributed by atoms with Crippen molar-refractivity contribution in [2.75, 3.05) is 0 Å². The van der Waals surface area contributed by atoms with E-state index in [2.05, 4.69) is 12.1 Å². The van der Waals surface area contributed by atoms with Gasteiger partial charge in [0.2, 0.25) is 0 Å². The van der Waals surface area contributed by atoms with Crippen LogP contribution < -0.4 is 0 Å². The third kappa shape index (κ3) is 5.05. The molecule has 0 unspecified atom stereocenters. The van der Waals surface area contributed by atoms with Crippen LogP contribution in [0.1, 0.15) is 33.4 Å². The Labute approximate surface area is 174 Å². The van der Waals surface area contributed by atoms with Crippen LogP contribution in [-0.2, 0) is 0 Å². The lowest BCUT2D eigenvalue weighted by atomic mass is 9.98. The van der Waals surface area contributed by atoms with E-state index in [1.54, 1.807) is 24.3 Å². The zero-order chi connectivity index (χ0) is 21.7. The highest BCUT2D eigenvalue weighted by molar-refractivity contribution is 5.76. The fourth-order valence-corrected chi connectivity index (χ4v) is 3.01. The van der Waals surface area contributed by atoms with E-state index < -0.39 is 9.85 Å². The first kappa shape index (κ1) is 20.7. The summed E-state index contributed by atoms with van der Waals surface area (Å²) in [7, 11) is 0. The number of benzene rings is 3. The van der Waals surface area contributed by atoms with Gasteiger partial charge in [0.15, 0.2) is 0 Å². The van der Waals surface area contributed by atoms with E-state index in [0.717, 1.165) is 33.4 Å². The van der Waals surface area contributed by atoms with Gasteiger partial charge in [0, 0.05) is 24.3 Å². The van der Waals surface area contributed by atoms with Crippen molar-refractivity contribution in [1.29, 1.82) is 0 Å². The van der Waals surface area contributed by atoms with Crippen LogP contribution in [-0.4, -0.2) is 9.85 Å². The highest BCUT2D eigenvalue weighted by Gasteiger charge is 2.05. The molecule has 0 aliphatic carbocycles. The SMILES string of the molecule is Cc1cc(C=Cc2ccc([N+](=O)[O-])cc2)c(C)cc1C=Cc1ccc([N+](=O)[O-])cc1. The van der Waals surface area contributed by atoms with E-state index in [1.807, 2.05) is 38.2 Å². The summed E-state index contributed by atoms with van der Waals surface area (Å²) in [6.45, 7) is 4.05. The van der Waals surface area contributed by atoms with Gasteiger partial charge in [-0.05, 0) is 71.5 Å². The second-order valence-electron chi connectivity index (χ2n) is 6.93. The van der Waals surface area contributed by atoms with Gasteiger partial charge in [-0.1, -0.05) is 36.4 Å². The topological polar surface area (TPSA) is 86.3 Å². The monoisotopic (exact) mass is 400 g/mol. The van der Waals surface area contributed by atoms with Crippen LogP contribution in [0.15, 0.2) is 60.7 Å². The number of aryl methyl sites for hydroxylation is 2. The van der Waals surface area contributed by atoms with E-state index in [1.165, 1.54) is 24.3 Å². The molecule has 0 saturated carbocycles. The molecule has 150 valence electrons. The van der Waals surface area contributed by atoms with Gasteiger partial charge >= 0.3 is 0 Å². The lowest BCUT2D eigenvalue weighted by molar-refractivity contribution is -0.385. The molecule has 0 fully saturated rings. The first-order valence-electron chi connectivity index (χ1n) is 9.30. The zero-order valence-electron chi connectivity index (χ0n) is 16.6. The second-order valence-corrected chi connectivity index (χ2v) is 6.93. The molecule has 3 rings (SSSR count). The molecule has 0 aliphatic heterocycles. The van der Waals surface area contributed by atoms with Crippen LogP contribution in [0.2, 0.25) is 0 Å². The van der Waals surface area contributed by atoms with Crippen LogP contribution in [0.3, 0.4) is 0 Å². The fourth-order valence-electron chi connectivity index (χ4n) is 3.01. The summed E-state index contributed by atoms with van der Waals surface area (Å²) in [5, 5.41) is 21.5. The van der Waals surface area contributed by atoms with Crippen molar-refractivity contribution in [3.05, 3.63) is 114 Å². The Bertz CT molecular complexity index is 1050. The van der Waals surface area contributed by atoms with E-state index in [9.17, 15) is 20.2 Å². The van der Waals surface area contributed by atoms with Gasteiger partial charge < -0.3 is 0 Å². The van der Waals surface area contributed by atoms with Crippen LogP contribution in [0, 0.1) is 34.1 Å². The fraction of sp³-hybridized carbons (Fsp3) is 0.0833. The molecule has 0 N–H and O–H groups in total. The molecular weight excluding hydrogens is 380 g/mol. The highest BCUT2D eigenvalue weighted by Crippen LogP contribution is 2.22. The number of hydrogen-bond donors (Lipinski definition) is 0. The van der Waals surface area contributed by atoms with Gasteiger partial charge in [-0.15, -0.1) is 0 Å². The molecule has 6 nitrogen and oxygen atoms in total. The van der Waals surface area contributed by atoms with Crippen molar-refractivity contribution in [1.82, 2.24) is 0 Å². The molecule has 0 amide bonds. The standard InChI is InChI=1S/C24H20N2O4/c1-17-15-22(10-4-20-7-13-24(14-8-20)26(29)30)18(2)16-21(17)9-3-19-5-11-23(12-6-19)25(27)28/h3-16H,1-2H3. The van der Waals surface area contributed by atoms with Crippen molar-refractivity contribution >= 4 is 35.7 Å². The van der Waals surface area contributed by atoms with Crippen molar-refractivity contribution in [2.24, 2.45) is 0 Å².